The largest absolute Gasteiger partial charge is 0.404 e. The zero-order valence-electron chi connectivity index (χ0n) is 5.49. The van der Waals surface area contributed by atoms with Crippen molar-refractivity contribution >= 4 is 6.21 Å². The number of aliphatic hydroxyl groups excluding tert-OH is 1. The molecule has 0 rings (SSSR count). The molecule has 0 aromatic carbocycles. The van der Waals surface area contributed by atoms with Gasteiger partial charge in [-0.1, -0.05) is 0 Å². The number of rotatable bonds is 3. The highest BCUT2D eigenvalue weighted by Crippen LogP contribution is 1.83. The van der Waals surface area contributed by atoms with Crippen molar-refractivity contribution in [3.63, 3.8) is 0 Å². The van der Waals surface area contributed by atoms with Crippen LogP contribution in [0.1, 0.15) is 0 Å². The maximum Gasteiger partial charge on any atom is 0.126 e. The van der Waals surface area contributed by atoms with Crippen LogP contribution in [0.2, 0.25) is 0 Å². The molecule has 54 valence electrons. The van der Waals surface area contributed by atoms with Crippen molar-refractivity contribution in [3.05, 3.63) is 11.8 Å². The highest BCUT2D eigenvalue weighted by molar-refractivity contribution is 5.78. The Hall–Kier alpha value is -1.34. The summed E-state index contributed by atoms with van der Waals surface area (Å²) in [6.45, 7) is -0.0528. The molecule has 0 fully saturated rings. The monoisotopic (exact) mass is 139 g/mol. The van der Waals surface area contributed by atoms with Crippen molar-refractivity contribution in [1.82, 2.24) is 0 Å². The molecule has 0 unspecified atom stereocenters. The van der Waals surface area contributed by atoms with Crippen molar-refractivity contribution in [1.29, 1.82) is 5.26 Å². The first kappa shape index (κ1) is 8.66. The first-order chi connectivity index (χ1) is 4.85. The van der Waals surface area contributed by atoms with E-state index < -0.39 is 0 Å². The van der Waals surface area contributed by atoms with Gasteiger partial charge in [-0.15, -0.1) is 0 Å². The molecule has 0 aromatic heterocycles. The smallest absolute Gasteiger partial charge is 0.126 e. The topological polar surface area (TPSA) is 82.4 Å². The molecular formula is C6H9N3O. The highest BCUT2D eigenvalue weighted by Gasteiger charge is 1.85. The summed E-state index contributed by atoms with van der Waals surface area (Å²) in [6.07, 6.45) is 2.63. The van der Waals surface area contributed by atoms with Crippen LogP contribution in [-0.2, 0) is 0 Å². The van der Waals surface area contributed by atoms with E-state index in [1.54, 1.807) is 0 Å². The molecule has 3 N–H and O–H groups in total. The predicted molar refractivity (Wildman–Crippen MR) is 38.3 cm³/mol. The fraction of sp³-hybridized carbons (Fsp3) is 0.333. The molecule has 0 amide bonds. The van der Waals surface area contributed by atoms with Gasteiger partial charge < -0.3 is 10.8 Å². The molecule has 0 aliphatic rings. The van der Waals surface area contributed by atoms with Crippen molar-refractivity contribution in [2.45, 2.75) is 0 Å². The molecule has 0 spiro atoms. The molecule has 0 aromatic rings. The number of hydrogen-bond acceptors (Lipinski definition) is 4. The summed E-state index contributed by atoms with van der Waals surface area (Å²) in [6, 6.07) is 1.82. The van der Waals surface area contributed by atoms with E-state index in [2.05, 4.69) is 4.99 Å². The van der Waals surface area contributed by atoms with E-state index in [1.165, 1.54) is 12.4 Å². The third-order valence-corrected chi connectivity index (χ3v) is 0.816. The van der Waals surface area contributed by atoms with Crippen LogP contribution in [0.3, 0.4) is 0 Å². The molecule has 4 nitrogen and oxygen atoms in total. The summed E-state index contributed by atoms with van der Waals surface area (Å²) >= 11 is 0. The van der Waals surface area contributed by atoms with E-state index in [-0.39, 0.29) is 13.2 Å². The van der Waals surface area contributed by atoms with Crippen LogP contribution in [0.25, 0.3) is 0 Å². The number of hydrogen-bond donors (Lipinski definition) is 2. The van der Waals surface area contributed by atoms with Crippen LogP contribution in [0.15, 0.2) is 16.8 Å². The van der Waals surface area contributed by atoms with Crippen LogP contribution in [0, 0.1) is 11.3 Å². The summed E-state index contributed by atoms with van der Waals surface area (Å²) in [5, 5.41) is 16.6. The quantitative estimate of drug-likeness (QED) is 0.405. The van der Waals surface area contributed by atoms with Gasteiger partial charge in [-0.05, 0) is 0 Å². The van der Waals surface area contributed by atoms with Gasteiger partial charge in [0.2, 0.25) is 0 Å². The lowest BCUT2D eigenvalue weighted by Crippen LogP contribution is -1.96. The molecular weight excluding hydrogens is 130 g/mol. The van der Waals surface area contributed by atoms with Gasteiger partial charge in [0, 0.05) is 18.0 Å². The molecule has 0 heterocycles. The molecule has 0 aliphatic carbocycles. The number of aliphatic hydroxyl groups is 1. The normalized spacial score (nSPS) is 11.8. The second-order valence-electron chi connectivity index (χ2n) is 1.53. The van der Waals surface area contributed by atoms with Gasteiger partial charge in [0.05, 0.1) is 12.7 Å². The van der Waals surface area contributed by atoms with Crippen molar-refractivity contribution in [3.8, 4) is 6.07 Å². The number of aliphatic imine (C=N–C) groups is 1. The van der Waals surface area contributed by atoms with Crippen molar-refractivity contribution < 1.29 is 5.11 Å². The van der Waals surface area contributed by atoms with Crippen LogP contribution in [-0.4, -0.2) is 24.5 Å². The van der Waals surface area contributed by atoms with E-state index in [1.807, 2.05) is 6.07 Å². The summed E-state index contributed by atoms with van der Waals surface area (Å²) in [4.78, 5) is 3.64. The van der Waals surface area contributed by atoms with E-state index in [9.17, 15) is 0 Å². The van der Waals surface area contributed by atoms with Crippen molar-refractivity contribution in [2.75, 3.05) is 13.2 Å². The summed E-state index contributed by atoms with van der Waals surface area (Å²) < 4.78 is 0. The second-order valence-corrected chi connectivity index (χ2v) is 1.53. The summed E-state index contributed by atoms with van der Waals surface area (Å²) in [5.74, 6) is 0. The minimum absolute atomic E-state index is 0.0946. The Bertz CT molecular complexity index is 178. The maximum atomic E-state index is 8.50. The van der Waals surface area contributed by atoms with Gasteiger partial charge in [0.15, 0.2) is 0 Å². The molecule has 0 bridgehead atoms. The van der Waals surface area contributed by atoms with Crippen molar-refractivity contribution in [2.24, 2.45) is 10.7 Å². The lowest BCUT2D eigenvalue weighted by atomic mass is 10.3. The Labute approximate surface area is 59.3 Å². The zero-order valence-corrected chi connectivity index (χ0v) is 5.49. The Morgan fingerprint density at radius 2 is 2.50 bits per heavy atom. The predicted octanol–water partition coefficient (Wildman–Crippen LogP) is -0.584. The van der Waals surface area contributed by atoms with Gasteiger partial charge in [-0.3, -0.25) is 4.99 Å². The number of nitrogens with zero attached hydrogens (tertiary/aromatic N) is 2. The Morgan fingerprint density at radius 3 is 2.90 bits per heavy atom. The molecule has 4 heteroatoms. The standard InChI is InChI=1S/C6H9N3O/c7-1-2-9-4-6(3-8)5-10/h3-4,10H,2,5,8H2/b6-3+,9-4?. The van der Waals surface area contributed by atoms with Crippen LogP contribution in [0.5, 0.6) is 0 Å². The first-order valence-corrected chi connectivity index (χ1v) is 2.73. The van der Waals surface area contributed by atoms with Crippen LogP contribution >= 0.6 is 0 Å². The molecule has 10 heavy (non-hydrogen) atoms. The Balaban J connectivity index is 3.77. The van der Waals surface area contributed by atoms with Gasteiger partial charge in [-0.25, -0.2) is 0 Å². The zero-order chi connectivity index (χ0) is 7.82. The van der Waals surface area contributed by atoms with Gasteiger partial charge in [-0.2, -0.15) is 5.26 Å². The minimum Gasteiger partial charge on any atom is -0.404 e. The third-order valence-electron chi connectivity index (χ3n) is 0.816. The minimum atomic E-state index is -0.147. The molecule has 0 atom stereocenters. The molecule has 0 saturated heterocycles. The average molecular weight is 139 g/mol. The van der Waals surface area contributed by atoms with Gasteiger partial charge >= 0.3 is 0 Å². The van der Waals surface area contributed by atoms with Crippen LogP contribution in [0.4, 0.5) is 0 Å². The van der Waals surface area contributed by atoms with E-state index in [0.717, 1.165) is 0 Å². The second kappa shape index (κ2) is 5.79. The fourth-order valence-electron chi connectivity index (χ4n) is 0.340. The van der Waals surface area contributed by atoms with Gasteiger partial charge in [0.1, 0.15) is 6.54 Å². The molecule has 0 radical (unpaired) electrons. The summed E-state index contributed by atoms with van der Waals surface area (Å²) in [7, 11) is 0. The van der Waals surface area contributed by atoms with E-state index in [0.29, 0.717) is 5.57 Å². The fourth-order valence-corrected chi connectivity index (χ4v) is 0.340. The lowest BCUT2D eigenvalue weighted by molar-refractivity contribution is 0.337. The lowest BCUT2D eigenvalue weighted by Gasteiger charge is -1.89. The SMILES string of the molecule is N#CCN=C/C(=C\N)CO. The average Bonchev–Trinajstić information content (AvgIpc) is 1.99. The molecule has 0 aliphatic heterocycles. The number of nitrogens with two attached hydrogens (primary N) is 1. The van der Waals surface area contributed by atoms with Crippen LogP contribution < -0.4 is 5.73 Å². The Kier molecular flexibility index (Phi) is 5.01. The summed E-state index contributed by atoms with van der Waals surface area (Å²) in [5.41, 5.74) is 5.58. The van der Waals surface area contributed by atoms with E-state index in [4.69, 9.17) is 16.1 Å². The first-order valence-electron chi connectivity index (χ1n) is 2.73. The Morgan fingerprint density at radius 1 is 1.80 bits per heavy atom. The highest BCUT2D eigenvalue weighted by atomic mass is 16.3. The van der Waals surface area contributed by atoms with E-state index >= 15 is 0 Å². The maximum absolute atomic E-state index is 8.50. The molecule has 0 saturated carbocycles. The third kappa shape index (κ3) is 3.64. The van der Waals surface area contributed by atoms with Gasteiger partial charge in [0.25, 0.3) is 0 Å². The number of nitriles is 1.